The third-order valence-corrected chi connectivity index (χ3v) is 3.86. The van der Waals surface area contributed by atoms with Gasteiger partial charge in [0.2, 0.25) is 5.91 Å². The van der Waals surface area contributed by atoms with Crippen LogP contribution in [0, 0.1) is 21.4 Å². The maximum absolute atomic E-state index is 12.0. The van der Waals surface area contributed by atoms with Gasteiger partial charge in [-0.25, -0.2) is 5.43 Å². The first-order valence-corrected chi connectivity index (χ1v) is 8.22. The zero-order valence-corrected chi connectivity index (χ0v) is 14.5. The van der Waals surface area contributed by atoms with Gasteiger partial charge in [0.15, 0.2) is 0 Å². The Balaban J connectivity index is 1.64. The maximum Gasteiger partial charge on any atom is 0.273 e. The van der Waals surface area contributed by atoms with Crippen LogP contribution in [0.3, 0.4) is 0 Å². The molecule has 3 aromatic rings. The molecule has 0 bridgehead atoms. The van der Waals surface area contributed by atoms with E-state index in [1.54, 1.807) is 42.5 Å². The van der Waals surface area contributed by atoms with E-state index in [2.05, 4.69) is 16.6 Å². The molecule has 0 radical (unpaired) electrons. The van der Waals surface area contributed by atoms with Gasteiger partial charge in [-0.2, -0.15) is 10.4 Å². The Morgan fingerprint density at radius 3 is 2.71 bits per heavy atom. The summed E-state index contributed by atoms with van der Waals surface area (Å²) in [4.78, 5) is 22.4. The van der Waals surface area contributed by atoms with Gasteiger partial charge in [0.05, 0.1) is 29.2 Å². The largest absolute Gasteiger partial charge is 0.455 e. The van der Waals surface area contributed by atoms with E-state index in [-0.39, 0.29) is 12.1 Å². The number of nitrogens with one attached hydrogen (secondary N) is 1. The molecule has 0 saturated carbocycles. The quantitative estimate of drug-likeness (QED) is 0.402. The number of amides is 1. The average Bonchev–Trinajstić information content (AvgIpc) is 3.17. The Morgan fingerprint density at radius 2 is 1.93 bits per heavy atom. The van der Waals surface area contributed by atoms with Crippen LogP contribution in [0.2, 0.25) is 0 Å². The van der Waals surface area contributed by atoms with Gasteiger partial charge < -0.3 is 4.42 Å². The number of benzene rings is 2. The number of carbonyl (C=O) groups excluding carboxylic acids is 1. The smallest absolute Gasteiger partial charge is 0.273 e. The fraction of sp³-hybridized carbons (Fsp3) is 0.0500. The Labute approximate surface area is 159 Å². The average molecular weight is 374 g/mol. The lowest BCUT2D eigenvalue weighted by molar-refractivity contribution is -0.385. The number of carbonyl (C=O) groups is 1. The van der Waals surface area contributed by atoms with Crippen LogP contribution in [0.25, 0.3) is 11.3 Å². The number of nitriles is 1. The molecule has 1 amide bonds. The molecule has 1 heterocycles. The maximum atomic E-state index is 12.0. The molecule has 0 aliphatic carbocycles. The predicted octanol–water partition coefficient (Wildman–Crippen LogP) is 3.42. The highest BCUT2D eigenvalue weighted by atomic mass is 16.6. The summed E-state index contributed by atoms with van der Waals surface area (Å²) in [6, 6.07) is 18.5. The summed E-state index contributed by atoms with van der Waals surface area (Å²) in [7, 11) is 0. The highest BCUT2D eigenvalue weighted by molar-refractivity contribution is 5.83. The molecule has 3 rings (SSSR count). The molecule has 1 N–H and O–H groups in total. The second kappa shape index (κ2) is 8.42. The van der Waals surface area contributed by atoms with E-state index in [1.165, 1.54) is 24.4 Å². The highest BCUT2D eigenvalue weighted by Gasteiger charge is 2.15. The Morgan fingerprint density at radius 1 is 1.18 bits per heavy atom. The van der Waals surface area contributed by atoms with E-state index in [4.69, 9.17) is 9.68 Å². The third kappa shape index (κ3) is 4.28. The predicted molar refractivity (Wildman–Crippen MR) is 101 cm³/mol. The van der Waals surface area contributed by atoms with Crippen molar-refractivity contribution in [1.29, 1.82) is 5.26 Å². The van der Waals surface area contributed by atoms with Gasteiger partial charge in [0.25, 0.3) is 5.69 Å². The van der Waals surface area contributed by atoms with Crippen LogP contribution in [0.5, 0.6) is 0 Å². The van der Waals surface area contributed by atoms with Gasteiger partial charge in [-0.1, -0.05) is 30.3 Å². The molecule has 138 valence electrons. The van der Waals surface area contributed by atoms with Crippen LogP contribution in [-0.2, 0) is 11.2 Å². The van der Waals surface area contributed by atoms with Crippen molar-refractivity contribution in [1.82, 2.24) is 5.43 Å². The normalized spacial score (nSPS) is 10.5. The number of rotatable bonds is 6. The molecule has 0 unspecified atom stereocenters. The van der Waals surface area contributed by atoms with Crippen LogP contribution in [0.1, 0.15) is 16.9 Å². The number of nitrogens with zero attached hydrogens (tertiary/aromatic N) is 3. The molecule has 0 spiro atoms. The Bertz CT molecular complexity index is 1100. The summed E-state index contributed by atoms with van der Waals surface area (Å²) < 4.78 is 5.62. The monoisotopic (exact) mass is 374 g/mol. The molecule has 1 aromatic heterocycles. The van der Waals surface area contributed by atoms with E-state index in [1.807, 2.05) is 0 Å². The number of hydrogen-bond acceptors (Lipinski definition) is 6. The minimum absolute atomic E-state index is 0.117. The van der Waals surface area contributed by atoms with E-state index in [0.717, 1.165) is 0 Å². The summed E-state index contributed by atoms with van der Waals surface area (Å²) >= 11 is 0. The van der Waals surface area contributed by atoms with Crippen LogP contribution < -0.4 is 5.43 Å². The summed E-state index contributed by atoms with van der Waals surface area (Å²) in [5.41, 5.74) is 3.64. The molecule has 2 aromatic carbocycles. The second-order valence-corrected chi connectivity index (χ2v) is 5.72. The molecule has 8 nitrogen and oxygen atoms in total. The van der Waals surface area contributed by atoms with E-state index in [9.17, 15) is 14.9 Å². The van der Waals surface area contributed by atoms with Crippen LogP contribution in [0.4, 0.5) is 5.69 Å². The molecule has 0 aliphatic rings. The zero-order valence-electron chi connectivity index (χ0n) is 14.5. The number of nitro groups is 1. The molecule has 0 saturated heterocycles. The summed E-state index contributed by atoms with van der Waals surface area (Å²) in [5, 5.41) is 23.9. The topological polar surface area (TPSA) is 122 Å². The number of hydrazone groups is 1. The van der Waals surface area contributed by atoms with E-state index < -0.39 is 10.8 Å². The standard InChI is InChI=1S/C20H14N4O4/c21-12-15-6-1-3-7-17(15)19-10-9-16(28-19)13-22-23-20(25)11-14-5-2-4-8-18(14)24(26)27/h1-10,13H,11H2,(H,23,25). The minimum atomic E-state index is -0.532. The van der Waals surface area contributed by atoms with E-state index in [0.29, 0.717) is 28.2 Å². The van der Waals surface area contributed by atoms with Gasteiger partial charge in [-0.3, -0.25) is 14.9 Å². The SMILES string of the molecule is N#Cc1ccccc1-c1ccc(C=NNC(=O)Cc2ccccc2[N+](=O)[O-])o1. The molecular weight excluding hydrogens is 360 g/mol. The van der Waals surface area contributed by atoms with Crippen molar-refractivity contribution in [2.45, 2.75) is 6.42 Å². The van der Waals surface area contributed by atoms with Crippen molar-refractivity contribution >= 4 is 17.8 Å². The summed E-state index contributed by atoms with van der Waals surface area (Å²) in [6.45, 7) is 0. The number of nitro benzene ring substituents is 1. The molecular formula is C20H14N4O4. The van der Waals surface area contributed by atoms with Crippen molar-refractivity contribution in [2.24, 2.45) is 5.10 Å². The van der Waals surface area contributed by atoms with Crippen molar-refractivity contribution in [3.63, 3.8) is 0 Å². The Hall–Kier alpha value is -4.25. The fourth-order valence-electron chi connectivity index (χ4n) is 2.58. The van der Waals surface area contributed by atoms with Crippen molar-refractivity contribution in [3.05, 3.63) is 87.7 Å². The highest BCUT2D eigenvalue weighted by Crippen LogP contribution is 2.24. The lowest BCUT2D eigenvalue weighted by Gasteiger charge is -2.01. The Kier molecular flexibility index (Phi) is 5.58. The molecule has 0 fully saturated rings. The van der Waals surface area contributed by atoms with Gasteiger partial charge in [0.1, 0.15) is 11.5 Å². The number of hydrogen-bond donors (Lipinski definition) is 1. The molecule has 0 atom stereocenters. The fourth-order valence-corrected chi connectivity index (χ4v) is 2.58. The lowest BCUT2D eigenvalue weighted by Crippen LogP contribution is -2.20. The lowest BCUT2D eigenvalue weighted by atomic mass is 10.1. The molecule has 28 heavy (non-hydrogen) atoms. The molecule has 0 aliphatic heterocycles. The third-order valence-electron chi connectivity index (χ3n) is 3.86. The van der Waals surface area contributed by atoms with Crippen molar-refractivity contribution in [2.75, 3.05) is 0 Å². The van der Waals surface area contributed by atoms with Crippen molar-refractivity contribution in [3.8, 4) is 17.4 Å². The first-order valence-electron chi connectivity index (χ1n) is 8.22. The van der Waals surface area contributed by atoms with Crippen LogP contribution in [-0.4, -0.2) is 17.0 Å². The zero-order chi connectivity index (χ0) is 19.9. The first kappa shape index (κ1) is 18.5. The number of furan rings is 1. The van der Waals surface area contributed by atoms with Crippen LogP contribution >= 0.6 is 0 Å². The first-order chi connectivity index (χ1) is 13.6. The van der Waals surface area contributed by atoms with Crippen molar-refractivity contribution < 1.29 is 14.1 Å². The molecule has 8 heteroatoms. The number of para-hydroxylation sites is 1. The van der Waals surface area contributed by atoms with Gasteiger partial charge in [-0.05, 0) is 24.3 Å². The van der Waals surface area contributed by atoms with Gasteiger partial charge >= 0.3 is 0 Å². The van der Waals surface area contributed by atoms with Gasteiger partial charge in [-0.15, -0.1) is 0 Å². The van der Waals surface area contributed by atoms with E-state index >= 15 is 0 Å². The summed E-state index contributed by atoms with van der Waals surface area (Å²) in [5.74, 6) is 0.394. The van der Waals surface area contributed by atoms with Gasteiger partial charge in [0, 0.05) is 17.2 Å². The summed E-state index contributed by atoms with van der Waals surface area (Å²) in [6.07, 6.45) is 1.14. The second-order valence-electron chi connectivity index (χ2n) is 5.72. The minimum Gasteiger partial charge on any atom is -0.455 e. The van der Waals surface area contributed by atoms with Crippen LogP contribution in [0.15, 0.2) is 70.2 Å².